The third kappa shape index (κ3) is 5.79. The highest BCUT2D eigenvalue weighted by Crippen LogP contribution is 2.20. The molecule has 0 bridgehead atoms. The van der Waals surface area contributed by atoms with Gasteiger partial charge in [0.2, 0.25) is 0 Å². The van der Waals surface area contributed by atoms with Crippen molar-refractivity contribution in [3.63, 3.8) is 0 Å². The lowest BCUT2D eigenvalue weighted by Gasteiger charge is -2.15. The SMILES string of the molecule is Fc1ccc(CC(CBr)CCOc2cccc(Br)c2)cc1. The third-order valence-corrected chi connectivity index (χ3v) is 4.66. The van der Waals surface area contributed by atoms with Gasteiger partial charge in [-0.25, -0.2) is 4.39 Å². The summed E-state index contributed by atoms with van der Waals surface area (Å²) in [5.74, 6) is 1.16. The Bertz CT molecular complexity index is 557. The predicted molar refractivity (Wildman–Crippen MR) is 91.6 cm³/mol. The van der Waals surface area contributed by atoms with Crippen LogP contribution in [0.1, 0.15) is 12.0 Å². The minimum absolute atomic E-state index is 0.188. The molecule has 4 heteroatoms. The standard InChI is InChI=1S/C17H17Br2FO/c18-12-14(10-13-4-6-16(20)7-5-13)8-9-21-17-3-1-2-15(19)11-17/h1-7,11,14H,8-10,12H2. The van der Waals surface area contributed by atoms with Gasteiger partial charge in [0.05, 0.1) is 6.61 Å². The molecule has 0 fully saturated rings. The molecule has 1 nitrogen and oxygen atoms in total. The fourth-order valence-corrected chi connectivity index (χ4v) is 3.02. The minimum atomic E-state index is -0.188. The first kappa shape index (κ1) is 16.5. The maximum absolute atomic E-state index is 12.9. The average molecular weight is 416 g/mol. The Labute approximate surface area is 141 Å². The molecule has 0 aliphatic rings. The van der Waals surface area contributed by atoms with Gasteiger partial charge < -0.3 is 4.74 Å². The molecule has 0 aromatic heterocycles. The summed E-state index contributed by atoms with van der Waals surface area (Å²) < 4.78 is 19.7. The zero-order valence-corrected chi connectivity index (χ0v) is 14.7. The summed E-state index contributed by atoms with van der Waals surface area (Å²) in [6.07, 6.45) is 1.88. The van der Waals surface area contributed by atoms with E-state index in [-0.39, 0.29) is 5.82 Å². The first-order chi connectivity index (χ1) is 10.2. The maximum Gasteiger partial charge on any atom is 0.123 e. The van der Waals surface area contributed by atoms with Gasteiger partial charge in [0.1, 0.15) is 11.6 Å². The van der Waals surface area contributed by atoms with Gasteiger partial charge in [-0.3, -0.25) is 0 Å². The second-order valence-corrected chi connectivity index (χ2v) is 6.51. The normalized spacial score (nSPS) is 12.1. The Hall–Kier alpha value is -0.870. The van der Waals surface area contributed by atoms with Crippen LogP contribution in [0.25, 0.3) is 0 Å². The quantitative estimate of drug-likeness (QED) is 0.534. The summed E-state index contributed by atoms with van der Waals surface area (Å²) in [6, 6.07) is 14.6. The maximum atomic E-state index is 12.9. The first-order valence-corrected chi connectivity index (χ1v) is 8.77. The zero-order valence-electron chi connectivity index (χ0n) is 11.6. The summed E-state index contributed by atoms with van der Waals surface area (Å²) in [6.45, 7) is 0.675. The highest BCUT2D eigenvalue weighted by Gasteiger charge is 2.09. The monoisotopic (exact) mass is 414 g/mol. The van der Waals surface area contributed by atoms with Crippen molar-refractivity contribution in [1.29, 1.82) is 0 Å². The second-order valence-electron chi connectivity index (χ2n) is 4.95. The number of halogens is 3. The largest absolute Gasteiger partial charge is 0.494 e. The smallest absolute Gasteiger partial charge is 0.123 e. The van der Waals surface area contributed by atoms with Crippen LogP contribution in [0, 0.1) is 11.7 Å². The van der Waals surface area contributed by atoms with Crippen LogP contribution in [0.2, 0.25) is 0 Å². The summed E-state index contributed by atoms with van der Waals surface area (Å²) in [5.41, 5.74) is 1.16. The molecular weight excluding hydrogens is 399 g/mol. The molecule has 112 valence electrons. The number of ether oxygens (including phenoxy) is 1. The molecular formula is C17H17Br2FO. The summed E-state index contributed by atoms with van der Waals surface area (Å²) in [4.78, 5) is 0. The van der Waals surface area contributed by atoms with E-state index in [1.54, 1.807) is 0 Å². The average Bonchev–Trinajstić information content (AvgIpc) is 2.48. The Balaban J connectivity index is 1.81. The van der Waals surface area contributed by atoms with Gasteiger partial charge in [-0.2, -0.15) is 0 Å². The highest BCUT2D eigenvalue weighted by molar-refractivity contribution is 9.10. The van der Waals surface area contributed by atoms with Crippen LogP contribution in [0.3, 0.4) is 0 Å². The van der Waals surface area contributed by atoms with E-state index in [0.717, 1.165) is 34.0 Å². The van der Waals surface area contributed by atoms with Crippen molar-refractivity contribution < 1.29 is 9.13 Å². The van der Waals surface area contributed by atoms with E-state index in [4.69, 9.17) is 4.74 Å². The van der Waals surface area contributed by atoms with E-state index >= 15 is 0 Å². The van der Waals surface area contributed by atoms with Crippen molar-refractivity contribution in [2.45, 2.75) is 12.8 Å². The number of alkyl halides is 1. The lowest BCUT2D eigenvalue weighted by atomic mass is 9.98. The van der Waals surface area contributed by atoms with Crippen LogP contribution < -0.4 is 4.74 Å². The topological polar surface area (TPSA) is 9.23 Å². The minimum Gasteiger partial charge on any atom is -0.494 e. The summed E-state index contributed by atoms with van der Waals surface area (Å²) >= 11 is 6.98. The molecule has 0 saturated heterocycles. The van der Waals surface area contributed by atoms with Crippen LogP contribution in [-0.2, 0) is 6.42 Å². The van der Waals surface area contributed by atoms with Crippen molar-refractivity contribution in [2.75, 3.05) is 11.9 Å². The van der Waals surface area contributed by atoms with Crippen LogP contribution in [0.15, 0.2) is 53.0 Å². The molecule has 0 aliphatic heterocycles. The van der Waals surface area contributed by atoms with E-state index in [1.807, 2.05) is 36.4 Å². The van der Waals surface area contributed by atoms with Crippen LogP contribution in [0.5, 0.6) is 5.75 Å². The molecule has 1 atom stereocenters. The molecule has 1 unspecified atom stereocenters. The number of benzene rings is 2. The molecule has 2 aromatic carbocycles. The summed E-state index contributed by atoms with van der Waals surface area (Å²) in [5, 5.41) is 0.909. The lowest BCUT2D eigenvalue weighted by molar-refractivity contribution is 0.285. The molecule has 2 aromatic rings. The third-order valence-electron chi connectivity index (χ3n) is 3.25. The van der Waals surface area contributed by atoms with Crippen LogP contribution >= 0.6 is 31.9 Å². The van der Waals surface area contributed by atoms with E-state index in [9.17, 15) is 4.39 Å². The Morgan fingerprint density at radius 2 is 1.86 bits per heavy atom. The van der Waals surface area contributed by atoms with Crippen LogP contribution in [-0.4, -0.2) is 11.9 Å². The number of hydrogen-bond donors (Lipinski definition) is 0. The second kappa shape index (κ2) is 8.54. The van der Waals surface area contributed by atoms with Crippen molar-refractivity contribution in [3.05, 3.63) is 64.4 Å². The molecule has 0 spiro atoms. The molecule has 2 rings (SSSR count). The van der Waals surface area contributed by atoms with Gasteiger partial charge in [-0.15, -0.1) is 0 Å². The first-order valence-electron chi connectivity index (χ1n) is 6.86. The van der Waals surface area contributed by atoms with Gasteiger partial charge in [0.15, 0.2) is 0 Å². The van der Waals surface area contributed by atoms with Crippen LogP contribution in [0.4, 0.5) is 4.39 Å². The Morgan fingerprint density at radius 1 is 1.10 bits per heavy atom. The molecule has 0 heterocycles. The van der Waals surface area contributed by atoms with Gasteiger partial charge in [0, 0.05) is 9.80 Å². The van der Waals surface area contributed by atoms with E-state index < -0.39 is 0 Å². The van der Waals surface area contributed by atoms with E-state index in [2.05, 4.69) is 31.9 Å². The van der Waals surface area contributed by atoms with Gasteiger partial charge in [-0.05, 0) is 54.7 Å². The molecule has 0 N–H and O–H groups in total. The molecule has 0 radical (unpaired) electrons. The van der Waals surface area contributed by atoms with E-state index in [0.29, 0.717) is 12.5 Å². The Kier molecular flexibility index (Phi) is 6.71. The van der Waals surface area contributed by atoms with Crippen molar-refractivity contribution in [1.82, 2.24) is 0 Å². The molecule has 0 saturated carbocycles. The Morgan fingerprint density at radius 3 is 2.52 bits per heavy atom. The van der Waals surface area contributed by atoms with Gasteiger partial charge in [0.25, 0.3) is 0 Å². The predicted octanol–water partition coefficient (Wildman–Crippen LogP) is 5.61. The zero-order chi connectivity index (χ0) is 15.1. The van der Waals surface area contributed by atoms with Crippen molar-refractivity contribution >= 4 is 31.9 Å². The van der Waals surface area contributed by atoms with Crippen molar-refractivity contribution in [3.8, 4) is 5.75 Å². The summed E-state index contributed by atoms with van der Waals surface area (Å²) in [7, 11) is 0. The van der Waals surface area contributed by atoms with Gasteiger partial charge >= 0.3 is 0 Å². The molecule has 21 heavy (non-hydrogen) atoms. The highest BCUT2D eigenvalue weighted by atomic mass is 79.9. The molecule has 0 amide bonds. The fraction of sp³-hybridized carbons (Fsp3) is 0.294. The van der Waals surface area contributed by atoms with Crippen molar-refractivity contribution in [2.24, 2.45) is 5.92 Å². The molecule has 0 aliphatic carbocycles. The number of hydrogen-bond acceptors (Lipinski definition) is 1. The number of rotatable bonds is 7. The van der Waals surface area contributed by atoms with Gasteiger partial charge in [-0.1, -0.05) is 50.1 Å². The lowest BCUT2D eigenvalue weighted by Crippen LogP contribution is -2.11. The van der Waals surface area contributed by atoms with E-state index in [1.165, 1.54) is 12.1 Å². The fourth-order valence-electron chi connectivity index (χ4n) is 2.09.